The van der Waals surface area contributed by atoms with Crippen LogP contribution in [0, 0.1) is 11.8 Å². The zero-order valence-electron chi connectivity index (χ0n) is 20.3. The van der Waals surface area contributed by atoms with Crippen molar-refractivity contribution in [2.24, 2.45) is 17.6 Å². The highest BCUT2D eigenvalue weighted by Gasteiger charge is 2.60. The summed E-state index contributed by atoms with van der Waals surface area (Å²) in [5.41, 5.74) is 3.86. The quantitative estimate of drug-likeness (QED) is 0.390. The lowest BCUT2D eigenvalue weighted by Gasteiger charge is -2.46. The van der Waals surface area contributed by atoms with E-state index in [1.807, 2.05) is 49.3 Å². The van der Waals surface area contributed by atoms with Crippen molar-refractivity contribution in [3.05, 3.63) is 51.9 Å². The zero-order chi connectivity index (χ0) is 26.3. The van der Waals surface area contributed by atoms with E-state index in [1.165, 1.54) is 0 Å². The van der Waals surface area contributed by atoms with Crippen molar-refractivity contribution in [2.75, 3.05) is 26.0 Å². The van der Waals surface area contributed by atoms with Crippen LogP contribution in [-0.4, -0.2) is 69.5 Å². The Kier molecular flexibility index (Phi) is 5.22. The number of carbonyl (C=O) groups excluding carboxylic acids is 3. The number of hydrogen-bond acceptors (Lipinski definition) is 9. The molecule has 1 heterocycles. The molecule has 0 spiro atoms. The highest BCUT2D eigenvalue weighted by molar-refractivity contribution is 6.22. The number of phenolic OH excluding ortho intramolecular Hbond substituents is 1. The number of nitrogens with two attached hydrogens (primary N) is 1. The van der Waals surface area contributed by atoms with E-state index in [9.17, 15) is 34.8 Å². The normalized spacial score (nSPS) is 29.3. The SMILES string of the molecule is CN(C)c1cc(C2CC=CN2C)c(O)c2c1C[C@H]1C[C@H]3CC(=O)C(C(N)=O)=C(O)[C@@]3(O)C(=O)C1=C2O. The Morgan fingerprint density at radius 1 is 1.19 bits per heavy atom. The number of hydrogen-bond donors (Lipinski definition) is 5. The average Bonchev–Trinajstić information content (AvgIpc) is 3.21. The average molecular weight is 496 g/mol. The molecule has 10 nitrogen and oxygen atoms in total. The molecule has 0 aromatic heterocycles. The number of rotatable bonds is 3. The minimum absolute atomic E-state index is 0.105. The predicted molar refractivity (Wildman–Crippen MR) is 130 cm³/mol. The molecule has 0 radical (unpaired) electrons. The Morgan fingerprint density at radius 2 is 1.89 bits per heavy atom. The maximum absolute atomic E-state index is 13.7. The number of benzene rings is 1. The number of amides is 1. The van der Waals surface area contributed by atoms with Crippen molar-refractivity contribution >= 4 is 28.9 Å². The van der Waals surface area contributed by atoms with Crippen molar-refractivity contribution < 1.29 is 34.8 Å². The third kappa shape index (κ3) is 3.03. The van der Waals surface area contributed by atoms with Crippen LogP contribution in [0.15, 0.2) is 35.2 Å². The second kappa shape index (κ2) is 7.86. The fourth-order valence-corrected chi connectivity index (χ4v) is 6.32. The van der Waals surface area contributed by atoms with Gasteiger partial charge in [-0.15, -0.1) is 0 Å². The molecule has 1 saturated carbocycles. The predicted octanol–water partition coefficient (Wildman–Crippen LogP) is 1.38. The second-order valence-electron chi connectivity index (χ2n) is 10.3. The van der Waals surface area contributed by atoms with Gasteiger partial charge >= 0.3 is 0 Å². The van der Waals surface area contributed by atoms with Gasteiger partial charge in [-0.2, -0.15) is 0 Å². The Hall–Kier alpha value is -3.79. The van der Waals surface area contributed by atoms with Crippen LogP contribution in [0.1, 0.15) is 42.0 Å². The molecule has 1 amide bonds. The molecule has 1 aromatic carbocycles. The van der Waals surface area contributed by atoms with E-state index in [2.05, 4.69) is 0 Å². The van der Waals surface area contributed by atoms with Crippen LogP contribution in [0.3, 0.4) is 0 Å². The number of phenols is 1. The van der Waals surface area contributed by atoms with Crippen LogP contribution in [0.4, 0.5) is 5.69 Å². The van der Waals surface area contributed by atoms with Crippen LogP contribution in [0.2, 0.25) is 0 Å². The minimum Gasteiger partial charge on any atom is -0.508 e. The topological polar surface area (TPSA) is 165 Å². The fraction of sp³-hybridized carbons (Fsp3) is 0.423. The number of carbonyl (C=O) groups is 3. The lowest BCUT2D eigenvalue weighted by molar-refractivity contribution is -0.147. The van der Waals surface area contributed by atoms with Crippen molar-refractivity contribution in [2.45, 2.75) is 37.3 Å². The van der Waals surface area contributed by atoms with Gasteiger partial charge in [0, 0.05) is 50.3 Å². The van der Waals surface area contributed by atoms with E-state index in [4.69, 9.17) is 5.73 Å². The number of fused-ring (bicyclic) bond motifs is 3. The lowest BCUT2D eigenvalue weighted by Crippen LogP contribution is -2.58. The van der Waals surface area contributed by atoms with Crippen molar-refractivity contribution in [3.8, 4) is 5.75 Å². The lowest BCUT2D eigenvalue weighted by atomic mass is 9.59. The van der Waals surface area contributed by atoms with Gasteiger partial charge in [-0.3, -0.25) is 14.4 Å². The van der Waals surface area contributed by atoms with Gasteiger partial charge in [0.1, 0.15) is 22.8 Å². The number of nitrogens with zero attached hydrogens (tertiary/aromatic N) is 2. The van der Waals surface area contributed by atoms with E-state index in [0.29, 0.717) is 17.5 Å². The summed E-state index contributed by atoms with van der Waals surface area (Å²) in [5, 5.41) is 44.9. The van der Waals surface area contributed by atoms with Gasteiger partial charge in [-0.1, -0.05) is 6.08 Å². The third-order valence-electron chi connectivity index (χ3n) is 8.10. The fourth-order valence-electron chi connectivity index (χ4n) is 6.32. The molecule has 4 atom stereocenters. The van der Waals surface area contributed by atoms with Crippen molar-refractivity contribution in [1.29, 1.82) is 0 Å². The third-order valence-corrected chi connectivity index (χ3v) is 8.10. The largest absolute Gasteiger partial charge is 0.508 e. The summed E-state index contributed by atoms with van der Waals surface area (Å²) in [6.45, 7) is 0. The van der Waals surface area contributed by atoms with Gasteiger partial charge in [0.15, 0.2) is 11.4 Å². The molecule has 36 heavy (non-hydrogen) atoms. The van der Waals surface area contributed by atoms with Crippen LogP contribution < -0.4 is 10.6 Å². The van der Waals surface area contributed by atoms with Crippen LogP contribution in [-0.2, 0) is 20.8 Å². The van der Waals surface area contributed by atoms with Crippen LogP contribution in [0.5, 0.6) is 5.75 Å². The molecule has 5 rings (SSSR count). The number of aromatic hydroxyl groups is 1. The van der Waals surface area contributed by atoms with Gasteiger partial charge in [0.2, 0.25) is 5.78 Å². The van der Waals surface area contributed by atoms with Gasteiger partial charge in [0.25, 0.3) is 5.91 Å². The monoisotopic (exact) mass is 495 g/mol. The van der Waals surface area contributed by atoms with Crippen LogP contribution >= 0.6 is 0 Å². The maximum Gasteiger partial charge on any atom is 0.255 e. The van der Waals surface area contributed by atoms with E-state index in [1.54, 1.807) is 0 Å². The van der Waals surface area contributed by atoms with Crippen LogP contribution in [0.25, 0.3) is 5.76 Å². The standard InChI is InChI=1S/C26H29N3O7/c1-28(2)16-10-14(15-5-4-6-29(15)3)21(31)19-13(16)8-11-7-12-9-17(30)20(25(27)35)24(34)26(12,36)23(33)18(11)22(19)32/h4,6,10-12,15,31-32,34,36H,5,7-9H2,1-3H3,(H2,27,35)/t11-,12+,15?,26+/m1/s1. The summed E-state index contributed by atoms with van der Waals surface area (Å²) in [5.74, 6) is -6.22. The first-order chi connectivity index (χ1) is 16.9. The molecule has 3 aliphatic carbocycles. The summed E-state index contributed by atoms with van der Waals surface area (Å²) in [6, 6.07) is 1.72. The summed E-state index contributed by atoms with van der Waals surface area (Å²) in [7, 11) is 5.58. The van der Waals surface area contributed by atoms with Crippen molar-refractivity contribution in [1.82, 2.24) is 4.90 Å². The first-order valence-electron chi connectivity index (χ1n) is 11.8. The van der Waals surface area contributed by atoms with E-state index >= 15 is 0 Å². The molecule has 10 heteroatoms. The molecule has 6 N–H and O–H groups in total. The van der Waals surface area contributed by atoms with Gasteiger partial charge in [0.05, 0.1) is 11.6 Å². The summed E-state index contributed by atoms with van der Waals surface area (Å²) in [4.78, 5) is 41.8. The van der Waals surface area contributed by atoms with E-state index in [-0.39, 0.29) is 42.2 Å². The number of primary amides is 1. The molecule has 1 unspecified atom stereocenters. The molecule has 1 aliphatic heterocycles. The van der Waals surface area contributed by atoms with Gasteiger partial charge < -0.3 is 36.0 Å². The molecule has 1 fully saturated rings. The molecule has 0 bridgehead atoms. The second-order valence-corrected chi connectivity index (χ2v) is 10.3. The smallest absolute Gasteiger partial charge is 0.255 e. The number of ketones is 2. The molecule has 0 saturated heterocycles. The number of anilines is 1. The Bertz CT molecular complexity index is 1330. The number of aliphatic hydroxyl groups is 3. The number of aliphatic hydroxyl groups excluding tert-OH is 2. The molecule has 4 aliphatic rings. The highest BCUT2D eigenvalue weighted by Crippen LogP contribution is 2.54. The maximum atomic E-state index is 13.7. The van der Waals surface area contributed by atoms with Crippen molar-refractivity contribution in [3.63, 3.8) is 0 Å². The summed E-state index contributed by atoms with van der Waals surface area (Å²) >= 11 is 0. The number of Topliss-reactive ketones (excluding diaryl/α,β-unsaturated/α-hetero) is 2. The minimum atomic E-state index is -2.57. The Labute approximate surface area is 207 Å². The molecule has 190 valence electrons. The van der Waals surface area contributed by atoms with Gasteiger partial charge in [-0.05, 0) is 43.0 Å². The van der Waals surface area contributed by atoms with Gasteiger partial charge in [-0.25, -0.2) is 0 Å². The molecular formula is C26H29N3O7. The highest BCUT2D eigenvalue weighted by atomic mass is 16.3. The first-order valence-corrected chi connectivity index (χ1v) is 11.8. The summed E-state index contributed by atoms with van der Waals surface area (Å²) in [6.07, 6.45) is 4.57. The molecule has 1 aromatic rings. The van der Waals surface area contributed by atoms with E-state index in [0.717, 1.165) is 5.69 Å². The molecular weight excluding hydrogens is 466 g/mol. The zero-order valence-corrected chi connectivity index (χ0v) is 20.3. The first kappa shape index (κ1) is 23.9. The summed E-state index contributed by atoms with van der Waals surface area (Å²) < 4.78 is 0. The Morgan fingerprint density at radius 3 is 2.47 bits per heavy atom. The Balaban J connectivity index is 1.72. The van der Waals surface area contributed by atoms with E-state index < -0.39 is 52.0 Å².